The van der Waals surface area contributed by atoms with Gasteiger partial charge in [0.1, 0.15) is 23.6 Å². The van der Waals surface area contributed by atoms with E-state index in [4.69, 9.17) is 4.74 Å². The number of anilines is 2. The van der Waals surface area contributed by atoms with Crippen molar-refractivity contribution in [2.24, 2.45) is 0 Å². The normalized spacial score (nSPS) is 11.0. The number of nitrogens with zero attached hydrogens (tertiary/aromatic N) is 4. The van der Waals surface area contributed by atoms with Gasteiger partial charge in [0, 0.05) is 36.7 Å². The molecule has 3 aromatic rings. The number of rotatable bonds is 11. The van der Waals surface area contributed by atoms with Crippen molar-refractivity contribution in [3.05, 3.63) is 58.4 Å². The Morgan fingerprint density at radius 2 is 1.97 bits per heavy atom. The Morgan fingerprint density at radius 3 is 2.71 bits per heavy atom. The van der Waals surface area contributed by atoms with Crippen molar-refractivity contribution in [2.45, 2.75) is 19.9 Å². The van der Waals surface area contributed by atoms with Gasteiger partial charge in [0.15, 0.2) is 0 Å². The van der Waals surface area contributed by atoms with Gasteiger partial charge < -0.3 is 20.3 Å². The van der Waals surface area contributed by atoms with E-state index in [1.165, 1.54) is 12.4 Å². The maximum atomic E-state index is 11.5. The highest BCUT2D eigenvalue weighted by molar-refractivity contribution is 5.94. The number of nitrogens with one attached hydrogen (secondary N) is 2. The van der Waals surface area contributed by atoms with Crippen LogP contribution in [0, 0.1) is 10.1 Å². The second-order valence-corrected chi connectivity index (χ2v) is 7.36. The van der Waals surface area contributed by atoms with Crippen LogP contribution in [0.5, 0.6) is 5.75 Å². The predicted octanol–water partition coefficient (Wildman–Crippen LogP) is 3.91. The molecular weight excluding hydrogens is 396 g/mol. The summed E-state index contributed by atoms with van der Waals surface area (Å²) in [6.45, 7) is 4.53. The molecule has 3 rings (SSSR count). The standard InChI is InChI=1S/C22H28N6O3/c1-4-23-19-13-18-17(12-20(19)28(29)30)22(26-15-25-18)24-14-16-8-5-6-9-21(16)31-11-7-10-27(2)3/h5-6,8-9,12-13,15,23H,4,7,10-11,14H2,1-3H3,(H,24,25,26). The monoisotopic (exact) mass is 424 g/mol. The fourth-order valence-electron chi connectivity index (χ4n) is 3.25. The van der Waals surface area contributed by atoms with Crippen LogP contribution in [0.1, 0.15) is 18.9 Å². The molecular formula is C22H28N6O3. The second kappa shape index (κ2) is 10.5. The van der Waals surface area contributed by atoms with Crippen molar-refractivity contribution >= 4 is 28.1 Å². The molecule has 0 saturated heterocycles. The molecule has 0 saturated carbocycles. The Balaban J connectivity index is 1.80. The molecule has 0 radical (unpaired) electrons. The summed E-state index contributed by atoms with van der Waals surface area (Å²) in [5.74, 6) is 1.35. The molecule has 2 N–H and O–H groups in total. The maximum absolute atomic E-state index is 11.5. The summed E-state index contributed by atoms with van der Waals surface area (Å²) in [6.07, 6.45) is 2.39. The lowest BCUT2D eigenvalue weighted by Crippen LogP contribution is -2.16. The maximum Gasteiger partial charge on any atom is 0.293 e. The predicted molar refractivity (Wildman–Crippen MR) is 123 cm³/mol. The summed E-state index contributed by atoms with van der Waals surface area (Å²) in [7, 11) is 4.07. The van der Waals surface area contributed by atoms with Crippen molar-refractivity contribution < 1.29 is 9.66 Å². The number of aromatic nitrogens is 2. The highest BCUT2D eigenvalue weighted by atomic mass is 16.6. The van der Waals surface area contributed by atoms with Crippen LogP contribution < -0.4 is 15.4 Å². The minimum Gasteiger partial charge on any atom is -0.493 e. The van der Waals surface area contributed by atoms with Crippen LogP contribution in [-0.4, -0.2) is 53.6 Å². The van der Waals surface area contributed by atoms with Crippen molar-refractivity contribution in [3.63, 3.8) is 0 Å². The summed E-state index contributed by atoms with van der Waals surface area (Å²) in [4.78, 5) is 21.8. The zero-order valence-electron chi connectivity index (χ0n) is 18.1. The van der Waals surface area contributed by atoms with E-state index < -0.39 is 4.92 Å². The number of hydrogen-bond donors (Lipinski definition) is 2. The van der Waals surface area contributed by atoms with Crippen LogP contribution in [0.25, 0.3) is 10.9 Å². The first kappa shape index (κ1) is 22.2. The highest BCUT2D eigenvalue weighted by Gasteiger charge is 2.17. The van der Waals surface area contributed by atoms with E-state index in [-0.39, 0.29) is 5.69 Å². The van der Waals surface area contributed by atoms with Gasteiger partial charge in [-0.2, -0.15) is 0 Å². The molecule has 31 heavy (non-hydrogen) atoms. The summed E-state index contributed by atoms with van der Waals surface area (Å²) < 4.78 is 5.96. The van der Waals surface area contributed by atoms with Crippen LogP contribution in [0.3, 0.4) is 0 Å². The van der Waals surface area contributed by atoms with Gasteiger partial charge >= 0.3 is 0 Å². The summed E-state index contributed by atoms with van der Waals surface area (Å²) >= 11 is 0. The van der Waals surface area contributed by atoms with E-state index in [9.17, 15) is 10.1 Å². The first-order valence-corrected chi connectivity index (χ1v) is 10.3. The van der Waals surface area contributed by atoms with Gasteiger partial charge in [0.25, 0.3) is 5.69 Å². The number of fused-ring (bicyclic) bond motifs is 1. The van der Waals surface area contributed by atoms with Crippen LogP contribution >= 0.6 is 0 Å². The third kappa shape index (κ3) is 5.79. The number of nitro benzene ring substituents is 1. The quantitative estimate of drug-likeness (QED) is 0.271. The molecule has 0 atom stereocenters. The molecule has 0 amide bonds. The van der Waals surface area contributed by atoms with Crippen molar-refractivity contribution in [3.8, 4) is 5.75 Å². The van der Waals surface area contributed by atoms with Crippen LogP contribution in [0.15, 0.2) is 42.7 Å². The average Bonchev–Trinajstić information content (AvgIpc) is 2.75. The van der Waals surface area contributed by atoms with Gasteiger partial charge in [0.05, 0.1) is 17.0 Å². The smallest absolute Gasteiger partial charge is 0.293 e. The Hall–Kier alpha value is -3.46. The molecule has 0 spiro atoms. The van der Waals surface area contributed by atoms with Crippen LogP contribution in [-0.2, 0) is 6.54 Å². The lowest BCUT2D eigenvalue weighted by atomic mass is 10.1. The van der Waals surface area contributed by atoms with E-state index in [1.54, 1.807) is 6.07 Å². The Kier molecular flexibility index (Phi) is 7.55. The Labute approximate surface area is 181 Å². The number of nitro groups is 1. The SMILES string of the molecule is CCNc1cc2ncnc(NCc3ccccc3OCCCN(C)C)c2cc1[N+](=O)[O-]. The molecule has 0 bridgehead atoms. The van der Waals surface area contributed by atoms with Gasteiger partial charge in [-0.15, -0.1) is 0 Å². The minimum absolute atomic E-state index is 0.00294. The van der Waals surface area contributed by atoms with E-state index >= 15 is 0 Å². The average molecular weight is 425 g/mol. The topological polar surface area (TPSA) is 105 Å². The molecule has 0 aliphatic heterocycles. The highest BCUT2D eigenvalue weighted by Crippen LogP contribution is 2.32. The number of ether oxygens (including phenoxy) is 1. The summed E-state index contributed by atoms with van der Waals surface area (Å²) in [5, 5.41) is 18.4. The Bertz CT molecular complexity index is 1040. The molecule has 0 aliphatic rings. The van der Waals surface area contributed by atoms with E-state index in [0.717, 1.165) is 24.3 Å². The van der Waals surface area contributed by atoms with Crippen molar-refractivity contribution in [2.75, 3.05) is 44.4 Å². The van der Waals surface area contributed by atoms with E-state index in [1.807, 2.05) is 45.3 Å². The van der Waals surface area contributed by atoms with Crippen molar-refractivity contribution in [1.29, 1.82) is 0 Å². The molecule has 2 aromatic carbocycles. The first-order valence-electron chi connectivity index (χ1n) is 10.3. The van der Waals surface area contributed by atoms with E-state index in [0.29, 0.717) is 42.1 Å². The largest absolute Gasteiger partial charge is 0.493 e. The van der Waals surface area contributed by atoms with Gasteiger partial charge in [-0.05, 0) is 39.6 Å². The molecule has 0 fully saturated rings. The third-order valence-electron chi connectivity index (χ3n) is 4.74. The number of para-hydroxylation sites is 1. The minimum atomic E-state index is -0.398. The molecule has 9 heteroatoms. The zero-order valence-corrected chi connectivity index (χ0v) is 18.1. The fraction of sp³-hybridized carbons (Fsp3) is 0.364. The fourth-order valence-corrected chi connectivity index (χ4v) is 3.25. The molecule has 1 aromatic heterocycles. The van der Waals surface area contributed by atoms with Gasteiger partial charge in [-0.1, -0.05) is 18.2 Å². The molecule has 0 unspecified atom stereocenters. The van der Waals surface area contributed by atoms with Gasteiger partial charge in [-0.3, -0.25) is 10.1 Å². The zero-order chi connectivity index (χ0) is 22.2. The van der Waals surface area contributed by atoms with Crippen LogP contribution in [0.2, 0.25) is 0 Å². The summed E-state index contributed by atoms with van der Waals surface area (Å²) in [5.41, 5.74) is 2.06. The van der Waals surface area contributed by atoms with Gasteiger partial charge in [0.2, 0.25) is 0 Å². The number of hydrogen-bond acceptors (Lipinski definition) is 8. The lowest BCUT2D eigenvalue weighted by molar-refractivity contribution is -0.383. The van der Waals surface area contributed by atoms with Crippen LogP contribution in [0.4, 0.5) is 17.2 Å². The van der Waals surface area contributed by atoms with Crippen molar-refractivity contribution in [1.82, 2.24) is 14.9 Å². The third-order valence-corrected chi connectivity index (χ3v) is 4.74. The molecule has 9 nitrogen and oxygen atoms in total. The lowest BCUT2D eigenvalue weighted by Gasteiger charge is -2.14. The molecule has 164 valence electrons. The summed E-state index contributed by atoms with van der Waals surface area (Å²) in [6, 6.07) is 11.0. The molecule has 0 aliphatic carbocycles. The first-order chi connectivity index (χ1) is 15.0. The van der Waals surface area contributed by atoms with E-state index in [2.05, 4.69) is 25.5 Å². The molecule has 1 heterocycles. The number of benzene rings is 2. The Morgan fingerprint density at radius 1 is 1.16 bits per heavy atom. The van der Waals surface area contributed by atoms with Gasteiger partial charge in [-0.25, -0.2) is 9.97 Å². The second-order valence-electron chi connectivity index (χ2n) is 7.36.